The molecular formula is C11H17N5O2S. The molecule has 1 saturated carbocycles. The fourth-order valence-electron chi connectivity index (χ4n) is 2.33. The van der Waals surface area contributed by atoms with Crippen LogP contribution in [0.4, 0.5) is 17.3 Å². The molecule has 2 rings (SSSR count). The van der Waals surface area contributed by atoms with Crippen molar-refractivity contribution in [2.24, 2.45) is 5.84 Å². The Morgan fingerprint density at radius 2 is 2.32 bits per heavy atom. The van der Waals surface area contributed by atoms with Gasteiger partial charge in [0.1, 0.15) is 5.82 Å². The Bertz CT molecular complexity index is 470. The molecular weight excluding hydrogens is 266 g/mol. The fourth-order valence-corrected chi connectivity index (χ4v) is 3.27. The highest BCUT2D eigenvalue weighted by atomic mass is 32.2. The molecule has 1 aliphatic carbocycles. The Hall–Kier alpha value is -1.54. The van der Waals surface area contributed by atoms with E-state index in [1.54, 1.807) is 11.8 Å². The van der Waals surface area contributed by atoms with Crippen molar-refractivity contribution in [3.63, 3.8) is 0 Å². The molecule has 104 valence electrons. The smallest absolute Gasteiger partial charge is 0.311 e. The van der Waals surface area contributed by atoms with Gasteiger partial charge in [0.05, 0.1) is 4.92 Å². The number of rotatable bonds is 5. The number of nitrogens with zero attached hydrogens (tertiary/aromatic N) is 2. The van der Waals surface area contributed by atoms with Crippen LogP contribution in [0.5, 0.6) is 0 Å². The summed E-state index contributed by atoms with van der Waals surface area (Å²) in [5.41, 5.74) is 2.38. The van der Waals surface area contributed by atoms with Gasteiger partial charge in [0, 0.05) is 17.4 Å². The van der Waals surface area contributed by atoms with E-state index in [4.69, 9.17) is 5.84 Å². The zero-order chi connectivity index (χ0) is 13.8. The van der Waals surface area contributed by atoms with Gasteiger partial charge in [0.15, 0.2) is 0 Å². The second-order valence-electron chi connectivity index (χ2n) is 4.42. The largest absolute Gasteiger partial charge is 0.360 e. The van der Waals surface area contributed by atoms with Gasteiger partial charge in [-0.15, -0.1) is 0 Å². The van der Waals surface area contributed by atoms with Crippen molar-refractivity contribution in [2.45, 2.75) is 30.6 Å². The first-order valence-corrected chi connectivity index (χ1v) is 7.36. The molecule has 0 aromatic carbocycles. The van der Waals surface area contributed by atoms with Crippen molar-refractivity contribution in [1.29, 1.82) is 0 Å². The quantitative estimate of drug-likeness (QED) is 0.431. The number of nitrogen functional groups attached to an aromatic ring is 1. The molecule has 1 aromatic rings. The number of nitrogens with two attached hydrogens (primary N) is 1. The number of hydrogen-bond donors (Lipinski definition) is 3. The predicted molar refractivity (Wildman–Crippen MR) is 77.3 cm³/mol. The van der Waals surface area contributed by atoms with Gasteiger partial charge in [-0.05, 0) is 25.2 Å². The summed E-state index contributed by atoms with van der Waals surface area (Å²) in [6.45, 7) is 0. The summed E-state index contributed by atoms with van der Waals surface area (Å²) in [4.78, 5) is 14.7. The van der Waals surface area contributed by atoms with Crippen LogP contribution < -0.4 is 16.6 Å². The topological polar surface area (TPSA) is 106 Å². The summed E-state index contributed by atoms with van der Waals surface area (Å²) in [5, 5.41) is 14.7. The first kappa shape index (κ1) is 13.9. The van der Waals surface area contributed by atoms with Gasteiger partial charge >= 0.3 is 5.69 Å². The normalized spacial score (nSPS) is 22.2. The average molecular weight is 283 g/mol. The first-order valence-electron chi connectivity index (χ1n) is 6.07. The van der Waals surface area contributed by atoms with Gasteiger partial charge in [0.25, 0.3) is 0 Å². The van der Waals surface area contributed by atoms with Crippen LogP contribution in [-0.4, -0.2) is 27.5 Å². The highest BCUT2D eigenvalue weighted by Gasteiger charge is 2.29. The Balaban J connectivity index is 2.24. The standard InChI is InChI=1S/C11H17N5O2S/c1-19-9-4-2-3-7(9)13-11-8(16(17)18)5-6-10(14-11)15-12/h5-7,9H,2-4,12H2,1H3,(H2,13,14,15). The van der Waals surface area contributed by atoms with E-state index < -0.39 is 4.92 Å². The zero-order valence-corrected chi connectivity index (χ0v) is 11.4. The van der Waals surface area contributed by atoms with E-state index in [1.165, 1.54) is 12.1 Å². The van der Waals surface area contributed by atoms with Crippen LogP contribution in [0.1, 0.15) is 19.3 Å². The molecule has 7 nitrogen and oxygen atoms in total. The molecule has 2 atom stereocenters. The van der Waals surface area contributed by atoms with Crippen LogP contribution in [-0.2, 0) is 0 Å². The van der Waals surface area contributed by atoms with Crippen LogP contribution in [0.3, 0.4) is 0 Å². The maximum Gasteiger partial charge on any atom is 0.311 e. The minimum atomic E-state index is -0.432. The third-order valence-corrected chi connectivity index (χ3v) is 4.47. The molecule has 0 amide bonds. The number of hydrazine groups is 1. The zero-order valence-electron chi connectivity index (χ0n) is 10.6. The molecule has 19 heavy (non-hydrogen) atoms. The summed E-state index contributed by atoms with van der Waals surface area (Å²) >= 11 is 1.78. The van der Waals surface area contributed by atoms with Crippen molar-refractivity contribution in [1.82, 2.24) is 4.98 Å². The molecule has 0 bridgehead atoms. The lowest BCUT2D eigenvalue weighted by atomic mass is 10.2. The second-order valence-corrected chi connectivity index (χ2v) is 5.50. The first-order chi connectivity index (χ1) is 9.15. The van der Waals surface area contributed by atoms with Crippen LogP contribution in [0.25, 0.3) is 0 Å². The average Bonchev–Trinajstić information content (AvgIpc) is 2.85. The number of hydrogen-bond acceptors (Lipinski definition) is 7. The van der Waals surface area contributed by atoms with E-state index >= 15 is 0 Å². The Labute approximate surface area is 115 Å². The molecule has 0 radical (unpaired) electrons. The number of aromatic nitrogens is 1. The van der Waals surface area contributed by atoms with Crippen molar-refractivity contribution in [2.75, 3.05) is 17.0 Å². The highest BCUT2D eigenvalue weighted by molar-refractivity contribution is 7.99. The monoisotopic (exact) mass is 283 g/mol. The van der Waals surface area contributed by atoms with Crippen LogP contribution in [0, 0.1) is 10.1 Å². The van der Waals surface area contributed by atoms with Gasteiger partial charge in [-0.25, -0.2) is 10.8 Å². The number of nitro groups is 1. The van der Waals surface area contributed by atoms with Gasteiger partial charge in [-0.1, -0.05) is 6.42 Å². The minimum Gasteiger partial charge on any atom is -0.360 e. The number of thioether (sulfide) groups is 1. The second kappa shape index (κ2) is 6.07. The Morgan fingerprint density at radius 3 is 2.95 bits per heavy atom. The predicted octanol–water partition coefficient (Wildman–Crippen LogP) is 1.97. The Kier molecular flexibility index (Phi) is 4.43. The summed E-state index contributed by atoms with van der Waals surface area (Å²) in [7, 11) is 0. The number of pyridine rings is 1. The number of anilines is 2. The van der Waals surface area contributed by atoms with Gasteiger partial charge < -0.3 is 10.7 Å². The lowest BCUT2D eigenvalue weighted by Gasteiger charge is -2.19. The molecule has 1 heterocycles. The maximum absolute atomic E-state index is 11.0. The third kappa shape index (κ3) is 3.07. The highest BCUT2D eigenvalue weighted by Crippen LogP contribution is 2.33. The lowest BCUT2D eigenvalue weighted by Crippen LogP contribution is -2.27. The lowest BCUT2D eigenvalue weighted by molar-refractivity contribution is -0.384. The summed E-state index contributed by atoms with van der Waals surface area (Å²) in [5.74, 6) is 5.99. The fraction of sp³-hybridized carbons (Fsp3) is 0.545. The molecule has 1 aromatic heterocycles. The van der Waals surface area contributed by atoms with E-state index in [-0.39, 0.29) is 17.5 Å². The molecule has 2 unspecified atom stereocenters. The van der Waals surface area contributed by atoms with Crippen LogP contribution in [0.2, 0.25) is 0 Å². The number of nitrogens with one attached hydrogen (secondary N) is 2. The van der Waals surface area contributed by atoms with E-state index in [1.807, 2.05) is 0 Å². The van der Waals surface area contributed by atoms with E-state index in [0.29, 0.717) is 11.1 Å². The summed E-state index contributed by atoms with van der Waals surface area (Å²) < 4.78 is 0. The van der Waals surface area contributed by atoms with Crippen LogP contribution in [0.15, 0.2) is 12.1 Å². The molecule has 0 saturated heterocycles. The maximum atomic E-state index is 11.0. The van der Waals surface area contributed by atoms with Crippen molar-refractivity contribution >= 4 is 29.1 Å². The van der Waals surface area contributed by atoms with Crippen molar-refractivity contribution < 1.29 is 4.92 Å². The minimum absolute atomic E-state index is 0.0225. The van der Waals surface area contributed by atoms with Gasteiger partial charge in [-0.2, -0.15) is 11.8 Å². The van der Waals surface area contributed by atoms with E-state index in [9.17, 15) is 10.1 Å². The third-order valence-electron chi connectivity index (χ3n) is 3.30. The summed E-state index contributed by atoms with van der Waals surface area (Å²) in [6.07, 6.45) is 5.32. The van der Waals surface area contributed by atoms with E-state index in [2.05, 4.69) is 22.0 Å². The molecule has 0 spiro atoms. The van der Waals surface area contributed by atoms with Crippen molar-refractivity contribution in [3.05, 3.63) is 22.2 Å². The molecule has 4 N–H and O–H groups in total. The van der Waals surface area contributed by atoms with E-state index in [0.717, 1.165) is 19.3 Å². The molecule has 1 fully saturated rings. The van der Waals surface area contributed by atoms with Gasteiger partial charge in [0.2, 0.25) is 5.82 Å². The SMILES string of the molecule is CSC1CCCC1Nc1nc(NN)ccc1[N+](=O)[O-]. The molecule has 0 aliphatic heterocycles. The van der Waals surface area contributed by atoms with Crippen molar-refractivity contribution in [3.8, 4) is 0 Å². The van der Waals surface area contributed by atoms with Crippen LogP contribution >= 0.6 is 11.8 Å². The summed E-state index contributed by atoms with van der Waals surface area (Å²) in [6, 6.07) is 3.12. The van der Waals surface area contributed by atoms with Gasteiger partial charge in [-0.3, -0.25) is 10.1 Å². The molecule has 8 heteroatoms. The Morgan fingerprint density at radius 1 is 1.53 bits per heavy atom. The molecule has 1 aliphatic rings.